The highest BCUT2D eigenvalue weighted by molar-refractivity contribution is 5.89. The van der Waals surface area contributed by atoms with Crippen molar-refractivity contribution in [2.75, 3.05) is 0 Å². The van der Waals surface area contributed by atoms with Crippen molar-refractivity contribution in [2.45, 2.75) is 25.4 Å². The van der Waals surface area contributed by atoms with Gasteiger partial charge in [0.2, 0.25) is 12.3 Å². The molecule has 0 aliphatic heterocycles. The topological polar surface area (TPSA) is 133 Å². The van der Waals surface area contributed by atoms with E-state index in [-0.39, 0.29) is 6.41 Å². The summed E-state index contributed by atoms with van der Waals surface area (Å²) in [5.41, 5.74) is 0. The second kappa shape index (κ2) is 6.38. The number of carbonyl (C=O) groups is 4. The molecule has 0 aromatic rings. The van der Waals surface area contributed by atoms with Crippen LogP contribution in [0.25, 0.3) is 0 Å². The number of hydrogen-bond acceptors (Lipinski definition) is 4. The molecule has 8 heteroatoms. The first-order valence-corrected chi connectivity index (χ1v) is 4.33. The summed E-state index contributed by atoms with van der Waals surface area (Å²) in [6.07, 6.45) is -0.438. The van der Waals surface area contributed by atoms with Crippen LogP contribution in [0.1, 0.15) is 13.3 Å². The van der Waals surface area contributed by atoms with E-state index in [2.05, 4.69) is 5.32 Å². The first kappa shape index (κ1) is 13.9. The lowest BCUT2D eigenvalue weighted by molar-refractivity contribution is -0.147. The van der Waals surface area contributed by atoms with Gasteiger partial charge in [-0.25, -0.2) is 4.79 Å². The third kappa shape index (κ3) is 4.94. The first-order valence-electron chi connectivity index (χ1n) is 4.33. The smallest absolute Gasteiger partial charge is 0.326 e. The Balaban J connectivity index is 4.39. The van der Waals surface area contributed by atoms with Gasteiger partial charge in [0.15, 0.2) is 0 Å². The van der Waals surface area contributed by atoms with Crippen LogP contribution in [-0.4, -0.2) is 46.6 Å². The van der Waals surface area contributed by atoms with Gasteiger partial charge >= 0.3 is 11.9 Å². The van der Waals surface area contributed by atoms with Crippen molar-refractivity contribution in [1.82, 2.24) is 10.6 Å². The maximum absolute atomic E-state index is 11.2. The van der Waals surface area contributed by atoms with E-state index < -0.39 is 36.4 Å². The molecule has 0 aromatic heterocycles. The molecule has 0 aromatic carbocycles. The van der Waals surface area contributed by atoms with E-state index in [9.17, 15) is 19.2 Å². The second-order valence-electron chi connectivity index (χ2n) is 3.00. The Morgan fingerprint density at radius 2 is 1.88 bits per heavy atom. The van der Waals surface area contributed by atoms with Crippen LogP contribution in [0.2, 0.25) is 0 Å². The highest BCUT2D eigenvalue weighted by Gasteiger charge is 2.24. The minimum Gasteiger partial charge on any atom is -0.481 e. The lowest BCUT2D eigenvalue weighted by Crippen LogP contribution is -2.49. The lowest BCUT2D eigenvalue weighted by Gasteiger charge is -2.15. The number of rotatable bonds is 7. The minimum atomic E-state index is -1.51. The Morgan fingerprint density at radius 3 is 2.25 bits per heavy atom. The van der Waals surface area contributed by atoms with Crippen LogP contribution in [-0.2, 0) is 19.2 Å². The number of amides is 2. The fraction of sp³-hybridized carbons (Fsp3) is 0.500. The summed E-state index contributed by atoms with van der Waals surface area (Å²) in [6, 6.07) is -2.44. The van der Waals surface area contributed by atoms with Gasteiger partial charge < -0.3 is 20.8 Å². The number of nitrogens with one attached hydrogen (secondary N) is 2. The van der Waals surface area contributed by atoms with E-state index >= 15 is 0 Å². The Morgan fingerprint density at radius 1 is 1.31 bits per heavy atom. The highest BCUT2D eigenvalue weighted by atomic mass is 16.4. The van der Waals surface area contributed by atoms with Crippen molar-refractivity contribution in [3.05, 3.63) is 0 Å². The molecule has 0 heterocycles. The molecule has 2 atom stereocenters. The zero-order chi connectivity index (χ0) is 12.7. The van der Waals surface area contributed by atoms with Crippen LogP contribution in [0.4, 0.5) is 0 Å². The molecule has 0 aliphatic rings. The Hall–Kier alpha value is -2.12. The molecule has 0 rings (SSSR count). The molecule has 90 valence electrons. The summed E-state index contributed by atoms with van der Waals surface area (Å²) in [5, 5.41) is 21.1. The number of carboxylic acids is 2. The molecule has 0 radical (unpaired) electrons. The van der Waals surface area contributed by atoms with Crippen LogP contribution in [0.15, 0.2) is 0 Å². The molecule has 0 saturated carbocycles. The highest BCUT2D eigenvalue weighted by Crippen LogP contribution is 1.94. The summed E-state index contributed by atoms with van der Waals surface area (Å²) in [5.74, 6) is -3.56. The van der Waals surface area contributed by atoms with Gasteiger partial charge in [-0.2, -0.15) is 0 Å². The Bertz CT molecular complexity index is 303. The fourth-order valence-electron chi connectivity index (χ4n) is 0.849. The van der Waals surface area contributed by atoms with Gasteiger partial charge in [-0.3, -0.25) is 14.4 Å². The zero-order valence-corrected chi connectivity index (χ0v) is 8.47. The van der Waals surface area contributed by atoms with Crippen molar-refractivity contribution in [3.63, 3.8) is 0 Å². The van der Waals surface area contributed by atoms with E-state index in [0.717, 1.165) is 0 Å². The lowest BCUT2D eigenvalue weighted by atomic mass is 10.2. The average Bonchev–Trinajstić information content (AvgIpc) is 2.16. The fourth-order valence-corrected chi connectivity index (χ4v) is 0.849. The molecule has 4 N–H and O–H groups in total. The summed E-state index contributed by atoms with van der Waals surface area (Å²) < 4.78 is 0. The molecule has 0 saturated heterocycles. The van der Waals surface area contributed by atoms with Crippen molar-refractivity contribution in [3.8, 4) is 0 Å². The van der Waals surface area contributed by atoms with Crippen molar-refractivity contribution in [2.24, 2.45) is 0 Å². The van der Waals surface area contributed by atoms with Crippen LogP contribution in [0.5, 0.6) is 0 Å². The number of carboxylic acid groups (broad SMARTS) is 2. The quantitative estimate of drug-likeness (QED) is 0.381. The molecule has 16 heavy (non-hydrogen) atoms. The molecule has 2 amide bonds. The van der Waals surface area contributed by atoms with Crippen molar-refractivity contribution in [1.29, 1.82) is 0 Å². The van der Waals surface area contributed by atoms with E-state index in [1.807, 2.05) is 5.32 Å². The van der Waals surface area contributed by atoms with Crippen LogP contribution < -0.4 is 10.6 Å². The van der Waals surface area contributed by atoms with Crippen LogP contribution >= 0.6 is 0 Å². The van der Waals surface area contributed by atoms with E-state index in [4.69, 9.17) is 10.2 Å². The normalized spacial score (nSPS) is 13.3. The Kier molecular flexibility index (Phi) is 5.53. The molecule has 0 spiro atoms. The summed E-state index contributed by atoms with van der Waals surface area (Å²) in [6.45, 7) is 1.34. The third-order valence-corrected chi connectivity index (χ3v) is 1.70. The molecule has 0 fully saturated rings. The zero-order valence-electron chi connectivity index (χ0n) is 8.47. The average molecular weight is 232 g/mol. The summed E-state index contributed by atoms with van der Waals surface area (Å²) in [4.78, 5) is 42.1. The third-order valence-electron chi connectivity index (χ3n) is 1.70. The Labute approximate surface area is 90.6 Å². The molecular formula is C8H12N2O6. The number of aliphatic carboxylic acids is 2. The molecular weight excluding hydrogens is 220 g/mol. The summed E-state index contributed by atoms with van der Waals surface area (Å²) >= 11 is 0. The monoisotopic (exact) mass is 232 g/mol. The van der Waals surface area contributed by atoms with Gasteiger partial charge in [-0.15, -0.1) is 0 Å². The predicted octanol–water partition coefficient (Wildman–Crippen LogP) is -1.83. The molecule has 8 nitrogen and oxygen atoms in total. The van der Waals surface area contributed by atoms with E-state index in [0.29, 0.717) is 0 Å². The van der Waals surface area contributed by atoms with E-state index in [1.54, 1.807) is 0 Å². The largest absolute Gasteiger partial charge is 0.481 e. The van der Waals surface area contributed by atoms with Gasteiger partial charge in [0.1, 0.15) is 12.1 Å². The van der Waals surface area contributed by atoms with Gasteiger partial charge in [0, 0.05) is 0 Å². The van der Waals surface area contributed by atoms with Crippen LogP contribution in [0, 0.1) is 0 Å². The van der Waals surface area contributed by atoms with Crippen LogP contribution in [0.3, 0.4) is 0 Å². The van der Waals surface area contributed by atoms with Crippen molar-refractivity contribution >= 4 is 24.3 Å². The molecule has 0 aliphatic carbocycles. The number of hydrogen-bond donors (Lipinski definition) is 4. The standard InChI is InChI=1S/C8H12N2O6/c1-4(9-3-11)7(14)10-5(8(15)16)2-6(12)13/h3-5H,2H2,1H3,(H,9,11)(H,10,14)(H,12,13)(H,15,16)/t4-,5+/m1/s1. The van der Waals surface area contributed by atoms with Gasteiger partial charge in [-0.1, -0.05) is 0 Å². The van der Waals surface area contributed by atoms with Gasteiger partial charge in [0.05, 0.1) is 6.42 Å². The maximum Gasteiger partial charge on any atom is 0.326 e. The first-order chi connectivity index (χ1) is 7.38. The number of carbonyl (C=O) groups excluding carboxylic acids is 2. The molecule has 0 bridgehead atoms. The SMILES string of the molecule is C[C@@H](NC=O)C(=O)N[C@@H](CC(=O)O)C(=O)O. The van der Waals surface area contributed by atoms with Crippen molar-refractivity contribution < 1.29 is 29.4 Å². The maximum atomic E-state index is 11.2. The van der Waals surface area contributed by atoms with Gasteiger partial charge in [0.25, 0.3) is 0 Å². The predicted molar refractivity (Wildman–Crippen MR) is 50.5 cm³/mol. The minimum absolute atomic E-state index is 0.289. The summed E-state index contributed by atoms with van der Waals surface area (Å²) in [7, 11) is 0. The van der Waals surface area contributed by atoms with E-state index in [1.165, 1.54) is 6.92 Å². The second-order valence-corrected chi connectivity index (χ2v) is 3.00. The molecule has 0 unspecified atom stereocenters. The van der Waals surface area contributed by atoms with Gasteiger partial charge in [-0.05, 0) is 6.92 Å².